The number of anilines is 1. The van der Waals surface area contributed by atoms with Gasteiger partial charge in [0.2, 0.25) is 0 Å². The summed E-state index contributed by atoms with van der Waals surface area (Å²) in [7, 11) is 0. The summed E-state index contributed by atoms with van der Waals surface area (Å²) >= 11 is 11.7. The standard InChI is InChI=1S/C8H9Cl2N/c1-4-3-6(9)8(11)5(2)7(4)10/h3H,11H2,1-2H3. The molecule has 11 heavy (non-hydrogen) atoms. The Morgan fingerprint density at radius 2 is 1.82 bits per heavy atom. The lowest BCUT2D eigenvalue weighted by Gasteiger charge is -2.07. The van der Waals surface area contributed by atoms with Gasteiger partial charge in [0.15, 0.2) is 0 Å². The lowest BCUT2D eigenvalue weighted by atomic mass is 10.1. The fraction of sp³-hybridized carbons (Fsp3) is 0.250. The van der Waals surface area contributed by atoms with Crippen LogP contribution in [0.5, 0.6) is 0 Å². The Morgan fingerprint density at radius 3 is 2.36 bits per heavy atom. The molecule has 0 saturated heterocycles. The molecule has 60 valence electrons. The van der Waals surface area contributed by atoms with Gasteiger partial charge in [0.05, 0.1) is 10.7 Å². The van der Waals surface area contributed by atoms with E-state index in [2.05, 4.69) is 0 Å². The van der Waals surface area contributed by atoms with E-state index < -0.39 is 0 Å². The molecule has 0 bridgehead atoms. The molecular weight excluding hydrogens is 181 g/mol. The van der Waals surface area contributed by atoms with Gasteiger partial charge in [0, 0.05) is 5.02 Å². The first-order chi connectivity index (χ1) is 5.04. The quantitative estimate of drug-likeness (QED) is 0.624. The smallest absolute Gasteiger partial charge is 0.0641 e. The number of halogens is 2. The summed E-state index contributed by atoms with van der Waals surface area (Å²) in [5, 5.41) is 1.27. The van der Waals surface area contributed by atoms with Gasteiger partial charge in [0.25, 0.3) is 0 Å². The van der Waals surface area contributed by atoms with Crippen LogP contribution in [0.1, 0.15) is 11.1 Å². The largest absolute Gasteiger partial charge is 0.397 e. The highest BCUT2D eigenvalue weighted by atomic mass is 35.5. The van der Waals surface area contributed by atoms with Crippen LogP contribution in [-0.2, 0) is 0 Å². The predicted octanol–water partition coefficient (Wildman–Crippen LogP) is 3.19. The SMILES string of the molecule is Cc1cc(Cl)c(N)c(C)c1Cl. The van der Waals surface area contributed by atoms with Crippen molar-refractivity contribution < 1.29 is 0 Å². The van der Waals surface area contributed by atoms with Crippen molar-refractivity contribution in [1.29, 1.82) is 0 Å². The van der Waals surface area contributed by atoms with Crippen LogP contribution in [0.15, 0.2) is 6.07 Å². The molecule has 1 rings (SSSR count). The molecule has 0 radical (unpaired) electrons. The van der Waals surface area contributed by atoms with E-state index in [9.17, 15) is 0 Å². The van der Waals surface area contributed by atoms with Crippen LogP contribution in [0.2, 0.25) is 10.0 Å². The van der Waals surface area contributed by atoms with Crippen molar-refractivity contribution in [3.8, 4) is 0 Å². The molecule has 0 aromatic heterocycles. The molecular formula is C8H9Cl2N. The second kappa shape index (κ2) is 2.92. The summed E-state index contributed by atoms with van der Waals surface area (Å²) in [6.45, 7) is 3.76. The van der Waals surface area contributed by atoms with Crippen LogP contribution in [0.4, 0.5) is 5.69 Å². The van der Waals surface area contributed by atoms with Gasteiger partial charge in [-0.1, -0.05) is 23.2 Å². The van der Waals surface area contributed by atoms with Gasteiger partial charge >= 0.3 is 0 Å². The van der Waals surface area contributed by atoms with Gasteiger partial charge in [-0.2, -0.15) is 0 Å². The van der Waals surface area contributed by atoms with Crippen molar-refractivity contribution in [2.24, 2.45) is 0 Å². The Bertz CT molecular complexity index is 268. The second-order valence-corrected chi connectivity index (χ2v) is 3.31. The summed E-state index contributed by atoms with van der Waals surface area (Å²) in [6, 6.07) is 1.77. The molecule has 0 atom stereocenters. The molecule has 0 heterocycles. The third-order valence-electron chi connectivity index (χ3n) is 1.68. The Labute approximate surface area is 76.1 Å². The first-order valence-corrected chi connectivity index (χ1v) is 4.00. The minimum Gasteiger partial charge on any atom is -0.397 e. The van der Waals surface area contributed by atoms with Gasteiger partial charge < -0.3 is 5.73 Å². The maximum Gasteiger partial charge on any atom is 0.0641 e. The number of benzene rings is 1. The van der Waals surface area contributed by atoms with Crippen molar-refractivity contribution >= 4 is 28.9 Å². The summed E-state index contributed by atoms with van der Waals surface area (Å²) in [5.74, 6) is 0. The molecule has 0 aliphatic carbocycles. The summed E-state index contributed by atoms with van der Waals surface area (Å²) < 4.78 is 0. The van der Waals surface area contributed by atoms with E-state index in [4.69, 9.17) is 28.9 Å². The highest BCUT2D eigenvalue weighted by molar-refractivity contribution is 6.36. The second-order valence-electron chi connectivity index (χ2n) is 2.53. The summed E-state index contributed by atoms with van der Waals surface area (Å²) in [6.07, 6.45) is 0. The van der Waals surface area contributed by atoms with E-state index >= 15 is 0 Å². The number of hydrogen-bond donors (Lipinski definition) is 1. The maximum absolute atomic E-state index is 5.92. The van der Waals surface area contributed by atoms with Gasteiger partial charge in [-0.05, 0) is 31.0 Å². The van der Waals surface area contributed by atoms with Crippen molar-refractivity contribution in [2.75, 3.05) is 5.73 Å². The average molecular weight is 190 g/mol. The topological polar surface area (TPSA) is 26.0 Å². The van der Waals surface area contributed by atoms with Crippen LogP contribution in [0.3, 0.4) is 0 Å². The minimum atomic E-state index is 0.572. The lowest BCUT2D eigenvalue weighted by Crippen LogP contribution is -1.93. The van der Waals surface area contributed by atoms with E-state index in [1.165, 1.54) is 0 Å². The van der Waals surface area contributed by atoms with E-state index in [-0.39, 0.29) is 0 Å². The maximum atomic E-state index is 5.92. The Morgan fingerprint density at radius 1 is 1.27 bits per heavy atom. The summed E-state index contributed by atoms with van der Waals surface area (Å²) in [4.78, 5) is 0. The fourth-order valence-electron chi connectivity index (χ4n) is 0.924. The first-order valence-electron chi connectivity index (χ1n) is 3.24. The van der Waals surface area contributed by atoms with E-state index in [1.54, 1.807) is 6.07 Å². The highest BCUT2D eigenvalue weighted by Gasteiger charge is 2.06. The molecule has 0 spiro atoms. The molecule has 0 aliphatic rings. The van der Waals surface area contributed by atoms with Crippen molar-refractivity contribution in [2.45, 2.75) is 13.8 Å². The van der Waals surface area contributed by atoms with Crippen molar-refractivity contribution in [1.82, 2.24) is 0 Å². The van der Waals surface area contributed by atoms with Gasteiger partial charge in [-0.15, -0.1) is 0 Å². The molecule has 0 unspecified atom stereocenters. The Balaban J connectivity index is 3.46. The molecule has 0 amide bonds. The number of hydrogen-bond acceptors (Lipinski definition) is 1. The monoisotopic (exact) mass is 189 g/mol. The summed E-state index contributed by atoms with van der Waals surface area (Å²) in [5.41, 5.74) is 8.03. The molecule has 0 fully saturated rings. The Kier molecular flexibility index (Phi) is 2.31. The molecule has 1 nitrogen and oxygen atoms in total. The van der Waals surface area contributed by atoms with Crippen LogP contribution in [0.25, 0.3) is 0 Å². The zero-order valence-corrected chi connectivity index (χ0v) is 7.92. The molecule has 0 aliphatic heterocycles. The van der Waals surface area contributed by atoms with E-state index in [0.717, 1.165) is 11.1 Å². The highest BCUT2D eigenvalue weighted by Crippen LogP contribution is 2.31. The van der Waals surface area contributed by atoms with E-state index in [0.29, 0.717) is 15.7 Å². The van der Waals surface area contributed by atoms with Crippen LogP contribution >= 0.6 is 23.2 Å². The van der Waals surface area contributed by atoms with E-state index in [1.807, 2.05) is 13.8 Å². The zero-order valence-electron chi connectivity index (χ0n) is 6.41. The number of nitrogen functional groups attached to an aromatic ring is 1. The van der Waals surface area contributed by atoms with Gasteiger partial charge in [-0.3, -0.25) is 0 Å². The predicted molar refractivity (Wildman–Crippen MR) is 50.3 cm³/mol. The number of aryl methyl sites for hydroxylation is 1. The average Bonchev–Trinajstić information content (AvgIpc) is 1.97. The third-order valence-corrected chi connectivity index (χ3v) is 2.57. The molecule has 1 aromatic carbocycles. The first kappa shape index (κ1) is 8.69. The molecule has 3 heteroatoms. The minimum absolute atomic E-state index is 0.572. The fourth-order valence-corrected chi connectivity index (χ4v) is 1.39. The van der Waals surface area contributed by atoms with Crippen molar-refractivity contribution in [3.63, 3.8) is 0 Å². The van der Waals surface area contributed by atoms with Gasteiger partial charge in [0.1, 0.15) is 0 Å². The number of rotatable bonds is 0. The molecule has 0 saturated carbocycles. The molecule has 1 aromatic rings. The van der Waals surface area contributed by atoms with Crippen LogP contribution < -0.4 is 5.73 Å². The van der Waals surface area contributed by atoms with Crippen LogP contribution in [-0.4, -0.2) is 0 Å². The Hall–Kier alpha value is -0.400. The zero-order chi connectivity index (χ0) is 8.59. The van der Waals surface area contributed by atoms with Crippen LogP contribution in [0, 0.1) is 13.8 Å². The van der Waals surface area contributed by atoms with Crippen molar-refractivity contribution in [3.05, 3.63) is 27.2 Å². The molecule has 2 N–H and O–H groups in total. The third kappa shape index (κ3) is 1.44. The normalized spacial score (nSPS) is 10.2. The lowest BCUT2D eigenvalue weighted by molar-refractivity contribution is 1.39. The van der Waals surface area contributed by atoms with Gasteiger partial charge in [-0.25, -0.2) is 0 Å². The number of nitrogens with two attached hydrogens (primary N) is 1.